The van der Waals surface area contributed by atoms with Gasteiger partial charge in [-0.15, -0.1) is 0 Å². The maximum atomic E-state index is 11.6. The third-order valence-electron chi connectivity index (χ3n) is 2.82. The van der Waals surface area contributed by atoms with Crippen molar-refractivity contribution in [1.29, 1.82) is 0 Å². The highest BCUT2D eigenvalue weighted by Gasteiger charge is 2.33. The van der Waals surface area contributed by atoms with Crippen molar-refractivity contribution in [2.75, 3.05) is 6.54 Å². The van der Waals surface area contributed by atoms with E-state index in [0.717, 1.165) is 22.4 Å². The van der Waals surface area contributed by atoms with E-state index in [-0.39, 0.29) is 5.41 Å². The van der Waals surface area contributed by atoms with Crippen LogP contribution in [-0.2, 0) is 0 Å². The van der Waals surface area contributed by atoms with Crippen LogP contribution < -0.4 is 0 Å². The molecule has 1 aliphatic heterocycles. The molecule has 1 aromatic carbocycles. The lowest BCUT2D eigenvalue weighted by atomic mass is 9.90. The molecule has 0 aliphatic carbocycles. The summed E-state index contributed by atoms with van der Waals surface area (Å²) in [4.78, 5) is 0. The van der Waals surface area contributed by atoms with Crippen molar-refractivity contribution >= 4 is 11.8 Å². The molecule has 0 atom stereocenters. The summed E-state index contributed by atoms with van der Waals surface area (Å²) in [5.74, 6) is 0. The van der Waals surface area contributed by atoms with Crippen LogP contribution in [0.1, 0.15) is 25.8 Å². The van der Waals surface area contributed by atoms with E-state index in [1.54, 1.807) is 0 Å². The molecule has 16 heavy (non-hydrogen) atoms. The Balaban J connectivity index is 2.12. The standard InChI is InChI=1S/C14H17NO/c1-14(2)10-13(15(16)11-14)9-8-12-6-4-3-5-7-12/h3-9H,10-11H2,1-2H3/b9-8+. The second-order valence-electron chi connectivity index (χ2n) is 5.11. The molecular formula is C14H17NO. The predicted octanol–water partition coefficient (Wildman–Crippen LogP) is 3.08. The minimum atomic E-state index is 0.109. The number of hydroxylamine groups is 1. The van der Waals surface area contributed by atoms with Gasteiger partial charge >= 0.3 is 0 Å². The van der Waals surface area contributed by atoms with E-state index in [2.05, 4.69) is 13.8 Å². The second-order valence-corrected chi connectivity index (χ2v) is 5.11. The normalized spacial score (nSPS) is 19.6. The highest BCUT2D eigenvalue weighted by atomic mass is 16.5. The topological polar surface area (TPSA) is 26.1 Å². The van der Waals surface area contributed by atoms with Crippen molar-refractivity contribution in [2.45, 2.75) is 20.3 Å². The molecule has 0 spiro atoms. The van der Waals surface area contributed by atoms with Crippen molar-refractivity contribution in [1.82, 2.24) is 0 Å². The fraction of sp³-hybridized carbons (Fsp3) is 0.357. The molecule has 0 amide bonds. The van der Waals surface area contributed by atoms with Gasteiger partial charge in [0.05, 0.1) is 0 Å². The van der Waals surface area contributed by atoms with Gasteiger partial charge in [0, 0.05) is 17.9 Å². The zero-order chi connectivity index (χ0) is 11.6. The molecule has 2 nitrogen and oxygen atoms in total. The van der Waals surface area contributed by atoms with Crippen LogP contribution in [0.2, 0.25) is 0 Å². The van der Waals surface area contributed by atoms with Gasteiger partial charge in [-0.2, -0.15) is 0 Å². The number of hydrogen-bond acceptors (Lipinski definition) is 1. The molecule has 0 radical (unpaired) electrons. The molecule has 0 bridgehead atoms. The summed E-state index contributed by atoms with van der Waals surface area (Å²) in [6.07, 6.45) is 4.80. The first-order valence-electron chi connectivity index (χ1n) is 5.60. The lowest BCUT2D eigenvalue weighted by Gasteiger charge is -2.10. The fourth-order valence-electron chi connectivity index (χ4n) is 2.02. The summed E-state index contributed by atoms with van der Waals surface area (Å²) in [5, 5.41) is 11.6. The number of nitrogens with zero attached hydrogens (tertiary/aromatic N) is 1. The molecule has 1 heterocycles. The Hall–Kier alpha value is -1.57. The van der Waals surface area contributed by atoms with Gasteiger partial charge < -0.3 is 5.21 Å². The Morgan fingerprint density at radius 1 is 1.19 bits per heavy atom. The highest BCUT2D eigenvalue weighted by Crippen LogP contribution is 2.27. The first-order chi connectivity index (χ1) is 7.57. The molecule has 1 aliphatic rings. The van der Waals surface area contributed by atoms with Crippen LogP contribution in [0.15, 0.2) is 36.4 Å². The summed E-state index contributed by atoms with van der Waals surface area (Å²) in [6.45, 7) is 4.85. The van der Waals surface area contributed by atoms with Crippen LogP contribution in [0.5, 0.6) is 0 Å². The van der Waals surface area contributed by atoms with Crippen molar-refractivity contribution in [3.63, 3.8) is 0 Å². The van der Waals surface area contributed by atoms with E-state index in [4.69, 9.17) is 0 Å². The third kappa shape index (κ3) is 2.51. The summed E-state index contributed by atoms with van der Waals surface area (Å²) in [6, 6.07) is 10.1. The monoisotopic (exact) mass is 215 g/mol. The van der Waals surface area contributed by atoms with Crippen LogP contribution >= 0.6 is 0 Å². The van der Waals surface area contributed by atoms with Crippen molar-refractivity contribution < 1.29 is 4.74 Å². The first-order valence-corrected chi connectivity index (χ1v) is 5.60. The molecule has 0 saturated heterocycles. The van der Waals surface area contributed by atoms with E-state index in [0.29, 0.717) is 6.54 Å². The predicted molar refractivity (Wildman–Crippen MR) is 67.4 cm³/mol. The van der Waals surface area contributed by atoms with Gasteiger partial charge in [-0.05, 0) is 11.6 Å². The number of benzene rings is 1. The van der Waals surface area contributed by atoms with Gasteiger partial charge in [0.15, 0.2) is 12.3 Å². The molecule has 0 saturated carbocycles. The molecule has 1 aromatic rings. The Kier molecular flexibility index (Phi) is 2.82. The maximum Gasteiger partial charge on any atom is 0.187 e. The fourth-order valence-corrected chi connectivity index (χ4v) is 2.02. The van der Waals surface area contributed by atoms with Crippen LogP contribution in [0.3, 0.4) is 0 Å². The van der Waals surface area contributed by atoms with Crippen LogP contribution in [0.25, 0.3) is 6.08 Å². The molecule has 84 valence electrons. The van der Waals surface area contributed by atoms with Crippen molar-refractivity contribution in [3.8, 4) is 0 Å². The summed E-state index contributed by atoms with van der Waals surface area (Å²) in [5.41, 5.74) is 2.12. The molecule has 0 aromatic heterocycles. The number of allylic oxidation sites excluding steroid dienone is 1. The molecule has 2 rings (SSSR count). The largest absolute Gasteiger partial charge is 0.624 e. The van der Waals surface area contributed by atoms with Gasteiger partial charge in [0.2, 0.25) is 0 Å². The zero-order valence-electron chi connectivity index (χ0n) is 9.81. The van der Waals surface area contributed by atoms with E-state index in [1.807, 2.05) is 42.5 Å². The van der Waals surface area contributed by atoms with Gasteiger partial charge in [-0.25, -0.2) is 4.74 Å². The smallest absolute Gasteiger partial charge is 0.187 e. The first kappa shape index (κ1) is 10.9. The van der Waals surface area contributed by atoms with Gasteiger partial charge in [-0.3, -0.25) is 0 Å². The highest BCUT2D eigenvalue weighted by molar-refractivity contribution is 5.95. The van der Waals surface area contributed by atoms with Crippen molar-refractivity contribution in [2.24, 2.45) is 5.41 Å². The Labute approximate surface area is 96.5 Å². The molecular weight excluding hydrogens is 198 g/mol. The lowest BCUT2D eigenvalue weighted by Crippen LogP contribution is -2.14. The summed E-state index contributed by atoms with van der Waals surface area (Å²) >= 11 is 0. The Morgan fingerprint density at radius 2 is 1.88 bits per heavy atom. The van der Waals surface area contributed by atoms with Gasteiger partial charge in [0.25, 0.3) is 0 Å². The van der Waals surface area contributed by atoms with E-state index in [1.165, 1.54) is 0 Å². The van der Waals surface area contributed by atoms with Gasteiger partial charge in [-0.1, -0.05) is 44.2 Å². The molecule has 0 N–H and O–H groups in total. The second kappa shape index (κ2) is 4.12. The van der Waals surface area contributed by atoms with E-state index < -0.39 is 0 Å². The third-order valence-corrected chi connectivity index (χ3v) is 2.82. The Morgan fingerprint density at radius 3 is 2.44 bits per heavy atom. The molecule has 2 heteroatoms. The van der Waals surface area contributed by atoms with E-state index in [9.17, 15) is 5.21 Å². The van der Waals surface area contributed by atoms with E-state index >= 15 is 0 Å². The zero-order valence-corrected chi connectivity index (χ0v) is 9.81. The summed E-state index contributed by atoms with van der Waals surface area (Å²) in [7, 11) is 0. The quantitative estimate of drug-likeness (QED) is 0.550. The summed E-state index contributed by atoms with van der Waals surface area (Å²) < 4.78 is 1.11. The van der Waals surface area contributed by atoms with Crippen LogP contribution in [0.4, 0.5) is 0 Å². The molecule has 0 fully saturated rings. The van der Waals surface area contributed by atoms with Crippen LogP contribution in [0, 0.1) is 10.6 Å². The Bertz CT molecular complexity index is 429. The lowest BCUT2D eigenvalue weighted by molar-refractivity contribution is -0.459. The van der Waals surface area contributed by atoms with Crippen molar-refractivity contribution in [3.05, 3.63) is 47.2 Å². The van der Waals surface area contributed by atoms with Gasteiger partial charge in [0.1, 0.15) is 0 Å². The average molecular weight is 215 g/mol. The number of rotatable bonds is 2. The maximum absolute atomic E-state index is 11.6. The minimum Gasteiger partial charge on any atom is -0.624 e. The number of hydrogen-bond donors (Lipinski definition) is 0. The van der Waals surface area contributed by atoms with Crippen LogP contribution in [-0.4, -0.2) is 17.0 Å². The SMILES string of the molecule is CC1(C)CC(/C=C/c2ccccc2)=[N+]([O-])C1. The molecule has 0 unspecified atom stereocenters. The average Bonchev–Trinajstić information content (AvgIpc) is 2.50. The minimum absolute atomic E-state index is 0.109.